The Morgan fingerprint density at radius 3 is 2.95 bits per heavy atom. The first-order chi connectivity index (χ1) is 9.11. The summed E-state index contributed by atoms with van der Waals surface area (Å²) in [5.41, 5.74) is 1.19. The zero-order chi connectivity index (χ0) is 13.8. The van der Waals surface area contributed by atoms with Crippen molar-refractivity contribution in [3.8, 4) is 0 Å². The Hall–Kier alpha value is -0.870. The average Bonchev–Trinajstić information content (AvgIpc) is 2.88. The molecule has 1 N–H and O–H groups in total. The Bertz CT molecular complexity index is 354. The highest BCUT2D eigenvalue weighted by atomic mass is 16.3. The summed E-state index contributed by atoms with van der Waals surface area (Å²) in [4.78, 5) is 16.4. The van der Waals surface area contributed by atoms with Crippen LogP contribution >= 0.6 is 0 Å². The van der Waals surface area contributed by atoms with Crippen LogP contribution in [-0.2, 0) is 4.79 Å². The molecule has 1 aliphatic heterocycles. The highest BCUT2D eigenvalue weighted by molar-refractivity contribution is 5.80. The predicted molar refractivity (Wildman–Crippen MR) is 75.5 cm³/mol. The van der Waals surface area contributed by atoms with Crippen molar-refractivity contribution in [1.29, 1.82) is 0 Å². The number of piperidine rings is 1. The highest BCUT2D eigenvalue weighted by Crippen LogP contribution is 2.22. The van der Waals surface area contributed by atoms with Crippen LogP contribution in [0.5, 0.6) is 0 Å². The van der Waals surface area contributed by atoms with Crippen molar-refractivity contribution >= 4 is 5.91 Å². The van der Waals surface area contributed by atoms with Gasteiger partial charge in [0.15, 0.2) is 0 Å². The molecule has 2 atom stereocenters. The molecule has 0 saturated carbocycles. The fourth-order valence-corrected chi connectivity index (χ4v) is 2.97. The van der Waals surface area contributed by atoms with Crippen LogP contribution in [-0.4, -0.2) is 53.1 Å². The Morgan fingerprint density at radius 1 is 1.58 bits per heavy atom. The lowest BCUT2D eigenvalue weighted by Gasteiger charge is -2.35. The van der Waals surface area contributed by atoms with Crippen molar-refractivity contribution in [2.45, 2.75) is 45.6 Å². The number of β-amino-alcohol motifs (C(OH)–C–C–N with tert-alkyl or cyclic N) is 1. The molecule has 0 spiro atoms. The summed E-state index contributed by atoms with van der Waals surface area (Å²) in [5.74, 6) is 0.531. The Labute approximate surface area is 116 Å². The predicted octanol–water partition coefficient (Wildman–Crippen LogP) is 1.61. The van der Waals surface area contributed by atoms with Crippen LogP contribution in [0.4, 0.5) is 0 Å². The number of allylic oxidation sites excluding steroid dienone is 2. The van der Waals surface area contributed by atoms with Gasteiger partial charge in [-0.15, -0.1) is 0 Å². The molecule has 2 unspecified atom stereocenters. The Morgan fingerprint density at radius 2 is 2.37 bits per heavy atom. The minimum atomic E-state index is -0.290. The van der Waals surface area contributed by atoms with Gasteiger partial charge < -0.3 is 10.0 Å². The van der Waals surface area contributed by atoms with E-state index in [9.17, 15) is 9.90 Å². The minimum absolute atomic E-state index is 0.178. The summed E-state index contributed by atoms with van der Waals surface area (Å²) in [5, 5.41) is 9.89. The number of nitrogens with zero attached hydrogens (tertiary/aromatic N) is 2. The molecular formula is C15H26N2O2. The average molecular weight is 266 g/mol. The maximum Gasteiger partial charge on any atom is 0.240 e. The van der Waals surface area contributed by atoms with E-state index < -0.39 is 0 Å². The van der Waals surface area contributed by atoms with Crippen molar-refractivity contribution in [3.63, 3.8) is 0 Å². The Kier molecular flexibility index (Phi) is 4.99. The first-order valence-corrected chi connectivity index (χ1v) is 7.51. The van der Waals surface area contributed by atoms with Gasteiger partial charge in [-0.3, -0.25) is 9.69 Å². The van der Waals surface area contributed by atoms with E-state index in [-0.39, 0.29) is 12.0 Å². The maximum absolute atomic E-state index is 12.4. The van der Waals surface area contributed by atoms with Gasteiger partial charge in [0.1, 0.15) is 0 Å². The van der Waals surface area contributed by atoms with Crippen LogP contribution in [0.3, 0.4) is 0 Å². The molecule has 1 fully saturated rings. The van der Waals surface area contributed by atoms with Crippen molar-refractivity contribution in [2.24, 2.45) is 5.92 Å². The third-order valence-corrected chi connectivity index (χ3v) is 4.34. The quantitative estimate of drug-likeness (QED) is 0.840. The number of aliphatic hydroxyl groups is 1. The summed E-state index contributed by atoms with van der Waals surface area (Å²) in [6.45, 7) is 6.84. The molecule has 1 aliphatic carbocycles. The van der Waals surface area contributed by atoms with Gasteiger partial charge in [-0.25, -0.2) is 0 Å². The van der Waals surface area contributed by atoms with Gasteiger partial charge in [-0.05, 0) is 45.1 Å². The summed E-state index contributed by atoms with van der Waals surface area (Å²) >= 11 is 0. The summed E-state index contributed by atoms with van der Waals surface area (Å²) in [6.07, 6.45) is 6.16. The molecule has 0 aromatic carbocycles. The van der Waals surface area contributed by atoms with Gasteiger partial charge in [0.25, 0.3) is 0 Å². The number of rotatable bonds is 4. The van der Waals surface area contributed by atoms with Crippen LogP contribution in [0, 0.1) is 5.92 Å². The zero-order valence-corrected chi connectivity index (χ0v) is 12.1. The molecule has 1 amide bonds. The number of likely N-dealkylation sites (N-methyl/N-ethyl adjacent to an activating group) is 1. The van der Waals surface area contributed by atoms with Crippen LogP contribution < -0.4 is 0 Å². The van der Waals surface area contributed by atoms with E-state index in [1.54, 1.807) is 0 Å². The third-order valence-electron chi connectivity index (χ3n) is 4.34. The number of hydrogen-bond donors (Lipinski definition) is 1. The maximum atomic E-state index is 12.4. The van der Waals surface area contributed by atoms with Crippen LogP contribution in [0.15, 0.2) is 11.8 Å². The molecule has 0 aromatic heterocycles. The lowest BCUT2D eigenvalue weighted by Crippen LogP contribution is -2.47. The van der Waals surface area contributed by atoms with Gasteiger partial charge in [0.05, 0.1) is 12.6 Å². The molecule has 4 nitrogen and oxygen atoms in total. The lowest BCUT2D eigenvalue weighted by molar-refractivity contribution is -0.131. The van der Waals surface area contributed by atoms with Gasteiger partial charge >= 0.3 is 0 Å². The summed E-state index contributed by atoms with van der Waals surface area (Å²) in [6, 6.07) is 0. The molecule has 0 radical (unpaired) electrons. The molecular weight excluding hydrogens is 240 g/mol. The van der Waals surface area contributed by atoms with E-state index in [2.05, 4.69) is 17.9 Å². The molecule has 4 heteroatoms. The molecule has 1 saturated heterocycles. The zero-order valence-electron chi connectivity index (χ0n) is 12.1. The second kappa shape index (κ2) is 6.53. The largest absolute Gasteiger partial charge is 0.392 e. The fourth-order valence-electron chi connectivity index (χ4n) is 2.97. The van der Waals surface area contributed by atoms with Crippen LogP contribution in [0.1, 0.15) is 39.5 Å². The second-order valence-corrected chi connectivity index (χ2v) is 5.79. The Balaban J connectivity index is 1.89. The van der Waals surface area contributed by atoms with Gasteiger partial charge in [0.2, 0.25) is 5.91 Å². The fraction of sp³-hybridized carbons (Fsp3) is 0.800. The van der Waals surface area contributed by atoms with E-state index in [1.807, 2.05) is 11.8 Å². The number of likely N-dealkylation sites (tertiary alicyclic amines) is 1. The minimum Gasteiger partial charge on any atom is -0.392 e. The van der Waals surface area contributed by atoms with Crippen LogP contribution in [0.2, 0.25) is 0 Å². The first-order valence-electron chi connectivity index (χ1n) is 7.51. The first kappa shape index (κ1) is 14.5. The molecule has 2 aliphatic rings. The number of carbonyl (C=O) groups is 1. The topological polar surface area (TPSA) is 43.8 Å². The second-order valence-electron chi connectivity index (χ2n) is 5.79. The number of carbonyl (C=O) groups excluding carboxylic acids is 1. The number of hydrogen-bond acceptors (Lipinski definition) is 3. The normalized spacial score (nSPS) is 28.3. The van der Waals surface area contributed by atoms with Gasteiger partial charge in [-0.1, -0.05) is 13.0 Å². The molecule has 2 rings (SSSR count). The van der Waals surface area contributed by atoms with Crippen molar-refractivity contribution in [2.75, 3.05) is 26.2 Å². The van der Waals surface area contributed by atoms with Gasteiger partial charge in [-0.2, -0.15) is 0 Å². The monoisotopic (exact) mass is 266 g/mol. The smallest absolute Gasteiger partial charge is 0.240 e. The molecule has 0 aromatic rings. The van der Waals surface area contributed by atoms with Crippen molar-refractivity contribution in [3.05, 3.63) is 11.8 Å². The van der Waals surface area contributed by atoms with E-state index in [0.717, 1.165) is 32.4 Å². The van der Waals surface area contributed by atoms with Gasteiger partial charge in [0, 0.05) is 18.8 Å². The van der Waals surface area contributed by atoms with Crippen LogP contribution in [0.25, 0.3) is 0 Å². The van der Waals surface area contributed by atoms with E-state index in [1.165, 1.54) is 12.1 Å². The molecule has 0 bridgehead atoms. The number of aliphatic hydroxyl groups excluding tert-OH is 1. The SMILES string of the molecule is CCN(C(=O)CN1CCC(C)C(O)C1)C1=CCCC1. The summed E-state index contributed by atoms with van der Waals surface area (Å²) < 4.78 is 0. The van der Waals surface area contributed by atoms with Crippen molar-refractivity contribution in [1.82, 2.24) is 9.80 Å². The van der Waals surface area contributed by atoms with E-state index >= 15 is 0 Å². The number of amides is 1. The lowest BCUT2D eigenvalue weighted by atomic mass is 9.96. The highest BCUT2D eigenvalue weighted by Gasteiger charge is 2.27. The van der Waals surface area contributed by atoms with E-state index in [4.69, 9.17) is 0 Å². The summed E-state index contributed by atoms with van der Waals surface area (Å²) in [7, 11) is 0. The van der Waals surface area contributed by atoms with E-state index in [0.29, 0.717) is 19.0 Å². The molecule has 19 heavy (non-hydrogen) atoms. The molecule has 108 valence electrons. The third kappa shape index (κ3) is 3.57. The molecule has 1 heterocycles. The van der Waals surface area contributed by atoms with Crippen molar-refractivity contribution < 1.29 is 9.90 Å². The standard InChI is InChI=1S/C15H26N2O2/c1-3-17(13-6-4-5-7-13)15(19)11-16-9-8-12(2)14(18)10-16/h6,12,14,18H,3-5,7-11H2,1-2H3.